The van der Waals surface area contributed by atoms with E-state index in [1.54, 1.807) is 0 Å². The summed E-state index contributed by atoms with van der Waals surface area (Å²) in [7, 11) is 0. The molecule has 86 valence electrons. The van der Waals surface area contributed by atoms with Crippen molar-refractivity contribution in [2.45, 2.75) is 25.9 Å². The molecule has 1 aliphatic carbocycles. The van der Waals surface area contributed by atoms with Crippen LogP contribution in [0.25, 0.3) is 5.57 Å². The summed E-state index contributed by atoms with van der Waals surface area (Å²) in [5.41, 5.74) is 3.26. The Morgan fingerprint density at radius 1 is 1.25 bits per heavy atom. The van der Waals surface area contributed by atoms with Crippen LogP contribution in [0.2, 0.25) is 0 Å². The fourth-order valence-corrected chi connectivity index (χ4v) is 2.25. The zero-order valence-corrected chi connectivity index (χ0v) is 9.39. The molecule has 1 aliphatic rings. The molecule has 0 amide bonds. The Morgan fingerprint density at radius 3 is 2.56 bits per heavy atom. The average Bonchev–Trinajstić information content (AvgIpc) is 2.26. The third kappa shape index (κ3) is 2.18. The van der Waals surface area contributed by atoms with E-state index in [2.05, 4.69) is 0 Å². The smallest absolute Gasteiger partial charge is 0.0687 e. The first-order valence-corrected chi connectivity index (χ1v) is 5.87. The lowest BCUT2D eigenvalue weighted by Crippen LogP contribution is -2.14. The quantitative estimate of drug-likeness (QED) is 0.814. The second kappa shape index (κ2) is 5.28. The van der Waals surface area contributed by atoms with Gasteiger partial charge in [-0.05, 0) is 35.5 Å². The normalized spacial score (nSPS) is 17.2. The molecule has 1 aromatic carbocycles. The van der Waals surface area contributed by atoms with Gasteiger partial charge in [0.1, 0.15) is 0 Å². The maximum Gasteiger partial charge on any atom is 0.0687 e. The highest BCUT2D eigenvalue weighted by atomic mass is 16.3. The van der Waals surface area contributed by atoms with Crippen molar-refractivity contribution in [1.29, 1.82) is 0 Å². The molecule has 0 unspecified atom stereocenters. The molecule has 1 saturated carbocycles. The van der Waals surface area contributed by atoms with Crippen LogP contribution in [0.4, 0.5) is 0 Å². The summed E-state index contributed by atoms with van der Waals surface area (Å²) in [4.78, 5) is 0. The van der Waals surface area contributed by atoms with Gasteiger partial charge in [0, 0.05) is 0 Å². The summed E-state index contributed by atoms with van der Waals surface area (Å²) < 4.78 is 0. The van der Waals surface area contributed by atoms with Gasteiger partial charge in [0.15, 0.2) is 0 Å². The highest BCUT2D eigenvalue weighted by Crippen LogP contribution is 2.39. The third-order valence-corrected chi connectivity index (χ3v) is 3.35. The molecule has 0 radical (unpaired) electrons. The Balaban J connectivity index is 2.34. The van der Waals surface area contributed by atoms with Gasteiger partial charge in [-0.2, -0.15) is 0 Å². The Morgan fingerprint density at radius 2 is 2.00 bits per heavy atom. The molecule has 0 aliphatic heterocycles. The van der Waals surface area contributed by atoms with Crippen molar-refractivity contribution in [3.63, 3.8) is 0 Å². The number of aliphatic hydroxyl groups excluding tert-OH is 2. The summed E-state index contributed by atoms with van der Waals surface area (Å²) in [5, 5.41) is 18.4. The zero-order chi connectivity index (χ0) is 11.4. The van der Waals surface area contributed by atoms with E-state index < -0.39 is 0 Å². The van der Waals surface area contributed by atoms with Crippen molar-refractivity contribution in [3.8, 4) is 0 Å². The summed E-state index contributed by atoms with van der Waals surface area (Å²) in [6, 6.07) is 7.90. The van der Waals surface area contributed by atoms with E-state index in [-0.39, 0.29) is 13.2 Å². The van der Waals surface area contributed by atoms with E-state index >= 15 is 0 Å². The lowest BCUT2D eigenvalue weighted by Gasteiger charge is -2.29. The van der Waals surface area contributed by atoms with Gasteiger partial charge in [-0.3, -0.25) is 0 Å². The summed E-state index contributed by atoms with van der Waals surface area (Å²) in [6.45, 7) is 0.136. The lowest BCUT2D eigenvalue weighted by molar-refractivity contribution is 0.281. The van der Waals surface area contributed by atoms with E-state index in [4.69, 9.17) is 5.11 Å². The number of aliphatic hydroxyl groups is 2. The first-order valence-electron chi connectivity index (χ1n) is 5.87. The van der Waals surface area contributed by atoms with Crippen LogP contribution in [-0.4, -0.2) is 16.8 Å². The Kier molecular flexibility index (Phi) is 3.75. The van der Waals surface area contributed by atoms with Crippen molar-refractivity contribution < 1.29 is 10.2 Å². The van der Waals surface area contributed by atoms with E-state index in [0.29, 0.717) is 5.92 Å². The minimum absolute atomic E-state index is 0.0612. The van der Waals surface area contributed by atoms with Gasteiger partial charge < -0.3 is 10.2 Å². The standard InChI is InChI=1S/C14H18O2/c15-9-8-14(11-5-3-6-11)13-7-2-1-4-12(13)10-16/h1-2,4,7-8,11,15-16H,3,5-6,9-10H2/b14-8-. The van der Waals surface area contributed by atoms with Crippen molar-refractivity contribution in [3.05, 3.63) is 41.5 Å². The SMILES string of the molecule is OC/C=C(\c1ccccc1CO)C1CCC1. The first-order chi connectivity index (χ1) is 7.86. The van der Waals surface area contributed by atoms with E-state index in [1.807, 2.05) is 30.3 Å². The molecular formula is C14H18O2. The predicted molar refractivity (Wildman–Crippen MR) is 64.8 cm³/mol. The zero-order valence-electron chi connectivity index (χ0n) is 9.39. The summed E-state index contributed by atoms with van der Waals surface area (Å²) in [6.07, 6.45) is 5.56. The fraction of sp³-hybridized carbons (Fsp3) is 0.429. The molecular weight excluding hydrogens is 200 g/mol. The van der Waals surface area contributed by atoms with E-state index in [9.17, 15) is 5.11 Å². The Bertz CT molecular complexity index is 378. The van der Waals surface area contributed by atoms with E-state index in [1.165, 1.54) is 24.8 Å². The highest BCUT2D eigenvalue weighted by molar-refractivity contribution is 5.70. The van der Waals surface area contributed by atoms with Gasteiger partial charge in [-0.25, -0.2) is 0 Å². The molecule has 2 nitrogen and oxygen atoms in total. The number of hydrogen-bond acceptors (Lipinski definition) is 2. The van der Waals surface area contributed by atoms with Gasteiger partial charge in [0.05, 0.1) is 13.2 Å². The highest BCUT2D eigenvalue weighted by Gasteiger charge is 2.23. The van der Waals surface area contributed by atoms with Crippen LogP contribution in [0.5, 0.6) is 0 Å². The van der Waals surface area contributed by atoms with Crippen LogP contribution in [0.3, 0.4) is 0 Å². The monoisotopic (exact) mass is 218 g/mol. The maximum atomic E-state index is 9.32. The molecule has 1 aromatic rings. The van der Waals surface area contributed by atoms with Crippen molar-refractivity contribution >= 4 is 5.57 Å². The molecule has 0 saturated heterocycles. The molecule has 0 bridgehead atoms. The first kappa shape index (κ1) is 11.4. The molecule has 0 spiro atoms. The molecule has 0 heterocycles. The van der Waals surface area contributed by atoms with Crippen LogP contribution >= 0.6 is 0 Å². The molecule has 2 heteroatoms. The van der Waals surface area contributed by atoms with Crippen LogP contribution < -0.4 is 0 Å². The predicted octanol–water partition coefficient (Wildman–Crippen LogP) is 2.35. The second-order valence-electron chi connectivity index (χ2n) is 4.29. The van der Waals surface area contributed by atoms with Gasteiger partial charge in [-0.15, -0.1) is 0 Å². The van der Waals surface area contributed by atoms with Gasteiger partial charge >= 0.3 is 0 Å². The minimum atomic E-state index is 0.0612. The topological polar surface area (TPSA) is 40.5 Å². The number of hydrogen-bond donors (Lipinski definition) is 2. The molecule has 2 rings (SSSR count). The van der Waals surface area contributed by atoms with Crippen LogP contribution in [0.1, 0.15) is 30.4 Å². The van der Waals surface area contributed by atoms with E-state index in [0.717, 1.165) is 11.1 Å². The maximum absolute atomic E-state index is 9.32. The summed E-state index contributed by atoms with van der Waals surface area (Å²) >= 11 is 0. The van der Waals surface area contributed by atoms with Crippen molar-refractivity contribution in [2.75, 3.05) is 6.61 Å². The van der Waals surface area contributed by atoms with Gasteiger partial charge in [0.25, 0.3) is 0 Å². The summed E-state index contributed by atoms with van der Waals surface area (Å²) in [5.74, 6) is 0.569. The van der Waals surface area contributed by atoms with Crippen LogP contribution in [-0.2, 0) is 6.61 Å². The number of allylic oxidation sites excluding steroid dienone is 1. The molecule has 1 fully saturated rings. The largest absolute Gasteiger partial charge is 0.392 e. The second-order valence-corrected chi connectivity index (χ2v) is 4.29. The average molecular weight is 218 g/mol. The minimum Gasteiger partial charge on any atom is -0.392 e. The van der Waals surface area contributed by atoms with Crippen LogP contribution in [0, 0.1) is 5.92 Å². The third-order valence-electron chi connectivity index (χ3n) is 3.35. The molecule has 2 N–H and O–H groups in total. The number of rotatable bonds is 4. The molecule has 16 heavy (non-hydrogen) atoms. The van der Waals surface area contributed by atoms with Gasteiger partial charge in [0.2, 0.25) is 0 Å². The molecule has 0 aromatic heterocycles. The molecule has 0 atom stereocenters. The van der Waals surface area contributed by atoms with Crippen molar-refractivity contribution in [2.24, 2.45) is 5.92 Å². The Labute approximate surface area is 96.2 Å². The van der Waals surface area contributed by atoms with Crippen LogP contribution in [0.15, 0.2) is 30.3 Å². The lowest BCUT2D eigenvalue weighted by atomic mass is 9.76. The fourth-order valence-electron chi connectivity index (χ4n) is 2.25. The Hall–Kier alpha value is -1.12. The number of benzene rings is 1. The van der Waals surface area contributed by atoms with Crippen molar-refractivity contribution in [1.82, 2.24) is 0 Å². The van der Waals surface area contributed by atoms with Gasteiger partial charge in [-0.1, -0.05) is 36.8 Å².